The van der Waals surface area contributed by atoms with Crippen molar-refractivity contribution in [3.8, 4) is 11.5 Å². The van der Waals surface area contributed by atoms with Crippen molar-refractivity contribution in [1.29, 1.82) is 0 Å². The number of ether oxygens (including phenoxy) is 2. The van der Waals surface area contributed by atoms with Crippen LogP contribution in [0.5, 0.6) is 11.5 Å². The molecule has 1 amide bonds. The molecule has 0 bridgehead atoms. The van der Waals surface area contributed by atoms with Crippen molar-refractivity contribution in [1.82, 2.24) is 19.9 Å². The summed E-state index contributed by atoms with van der Waals surface area (Å²) >= 11 is 1.21. The molecule has 2 aromatic carbocycles. The number of methoxy groups -OCH3 is 1. The highest BCUT2D eigenvalue weighted by Gasteiger charge is 2.27. The fraction of sp³-hybridized carbons (Fsp3) is 0.357. The molecule has 17 heteroatoms. The maximum atomic E-state index is 13.9. The van der Waals surface area contributed by atoms with Gasteiger partial charge < -0.3 is 29.9 Å². The lowest BCUT2D eigenvalue weighted by molar-refractivity contribution is -0.115. The van der Waals surface area contributed by atoms with Gasteiger partial charge in [0.2, 0.25) is 5.91 Å². The lowest BCUT2D eigenvalue weighted by Gasteiger charge is -2.24. The molecule has 3 heterocycles. The molecular formula is C28H31F2N6O7PS. The molecule has 0 saturated carbocycles. The number of likely N-dealkylation sites (tertiary alicyclic amines) is 1. The normalized spacial score (nSPS) is 15.4. The van der Waals surface area contributed by atoms with Crippen molar-refractivity contribution in [3.63, 3.8) is 0 Å². The van der Waals surface area contributed by atoms with Gasteiger partial charge in [-0.3, -0.25) is 14.2 Å². The number of phosphoric acid groups is 1. The molecule has 1 fully saturated rings. The van der Waals surface area contributed by atoms with E-state index in [-0.39, 0.29) is 24.8 Å². The van der Waals surface area contributed by atoms with Crippen LogP contribution in [-0.4, -0.2) is 75.0 Å². The second kappa shape index (κ2) is 14.5. The van der Waals surface area contributed by atoms with Gasteiger partial charge in [-0.05, 0) is 44.0 Å². The van der Waals surface area contributed by atoms with E-state index in [9.17, 15) is 18.1 Å². The van der Waals surface area contributed by atoms with E-state index in [1.54, 1.807) is 12.1 Å². The molecule has 1 aliphatic rings. The predicted molar refractivity (Wildman–Crippen MR) is 163 cm³/mol. The molecule has 1 aliphatic heterocycles. The van der Waals surface area contributed by atoms with Gasteiger partial charge in [0.1, 0.15) is 23.8 Å². The monoisotopic (exact) mass is 664 g/mol. The Bertz CT molecular complexity index is 1710. The molecule has 4 aromatic rings. The number of fused-ring (bicyclic) bond motifs is 1. The Kier molecular flexibility index (Phi) is 10.5. The Morgan fingerprint density at radius 3 is 2.82 bits per heavy atom. The molecule has 1 atom stereocenters. The number of phosphoric ester groups is 1. The third-order valence-electron chi connectivity index (χ3n) is 7.02. The van der Waals surface area contributed by atoms with Gasteiger partial charge in [-0.1, -0.05) is 0 Å². The number of hydrogen-bond donors (Lipinski definition) is 4. The third kappa shape index (κ3) is 8.90. The summed E-state index contributed by atoms with van der Waals surface area (Å²) in [6.07, 6.45) is 5.23. The first-order chi connectivity index (χ1) is 21.6. The number of rotatable bonds is 14. The van der Waals surface area contributed by atoms with E-state index in [4.69, 9.17) is 23.8 Å². The van der Waals surface area contributed by atoms with Crippen LogP contribution in [0.25, 0.3) is 10.9 Å². The van der Waals surface area contributed by atoms with E-state index in [1.807, 2.05) is 0 Å². The van der Waals surface area contributed by atoms with Gasteiger partial charge in [0.25, 0.3) is 0 Å². The second-order valence-electron chi connectivity index (χ2n) is 10.2. The third-order valence-corrected chi connectivity index (χ3v) is 8.42. The lowest BCUT2D eigenvalue weighted by atomic mass is 10.2. The Hall–Kier alpha value is -3.79. The van der Waals surface area contributed by atoms with E-state index >= 15 is 0 Å². The average molecular weight is 665 g/mol. The highest BCUT2D eigenvalue weighted by molar-refractivity contribution is 7.46. The number of nitrogens with one attached hydrogen (secondary N) is 2. The predicted octanol–water partition coefficient (Wildman–Crippen LogP) is 4.64. The van der Waals surface area contributed by atoms with Gasteiger partial charge in [-0.25, -0.2) is 28.3 Å². The smallest absolute Gasteiger partial charge is 0.469 e. The van der Waals surface area contributed by atoms with Crippen LogP contribution in [0.4, 0.5) is 25.4 Å². The minimum absolute atomic E-state index is 0.0187. The molecule has 0 radical (unpaired) electrons. The van der Waals surface area contributed by atoms with Crippen molar-refractivity contribution >= 4 is 52.6 Å². The molecule has 2 aromatic heterocycles. The van der Waals surface area contributed by atoms with Crippen LogP contribution in [0.15, 0.2) is 42.9 Å². The molecule has 45 heavy (non-hydrogen) atoms. The molecule has 0 unspecified atom stereocenters. The molecule has 240 valence electrons. The number of hydrogen-bond acceptors (Lipinski definition) is 11. The van der Waals surface area contributed by atoms with Crippen molar-refractivity contribution in [2.45, 2.75) is 31.7 Å². The number of aromatic nitrogens is 3. The number of halogens is 2. The molecular weight excluding hydrogens is 633 g/mol. The Balaban J connectivity index is 1.18. The van der Waals surface area contributed by atoms with E-state index in [2.05, 4.69) is 30.5 Å². The van der Waals surface area contributed by atoms with Crippen molar-refractivity contribution in [2.75, 3.05) is 44.0 Å². The summed E-state index contributed by atoms with van der Waals surface area (Å²) in [7, 11) is -2.98. The number of amides is 1. The number of anilines is 3. The molecule has 0 spiro atoms. The van der Waals surface area contributed by atoms with E-state index < -0.39 is 25.4 Å². The summed E-state index contributed by atoms with van der Waals surface area (Å²) in [6.45, 7) is 1.86. The number of nitrogens with zero attached hydrogens (tertiary/aromatic N) is 4. The van der Waals surface area contributed by atoms with Crippen LogP contribution >= 0.6 is 19.2 Å². The summed E-state index contributed by atoms with van der Waals surface area (Å²) in [5, 5.41) is 6.61. The summed E-state index contributed by atoms with van der Waals surface area (Å²) < 4.78 is 54.6. The van der Waals surface area contributed by atoms with Gasteiger partial charge in [0.15, 0.2) is 16.6 Å². The maximum Gasteiger partial charge on any atom is 0.469 e. The SMILES string of the molecule is COc1cc2c(Nc3ncc(CC(=O)Nc4cc(F)ccc4F)s3)ncnc2cc1OCCCN1CCC[C@@H]1COP(=O)(O)O. The molecule has 13 nitrogen and oxygen atoms in total. The Morgan fingerprint density at radius 1 is 1.18 bits per heavy atom. The fourth-order valence-electron chi connectivity index (χ4n) is 4.94. The first kappa shape index (κ1) is 32.6. The van der Waals surface area contributed by atoms with Gasteiger partial charge in [0, 0.05) is 41.2 Å². The molecule has 0 aliphatic carbocycles. The first-order valence-electron chi connectivity index (χ1n) is 13.9. The van der Waals surface area contributed by atoms with Gasteiger partial charge in [-0.15, -0.1) is 11.3 Å². The number of carbonyl (C=O) groups excluding carboxylic acids is 1. The summed E-state index contributed by atoms with van der Waals surface area (Å²) in [5.74, 6) is -0.501. The van der Waals surface area contributed by atoms with Crippen molar-refractivity contribution in [2.24, 2.45) is 0 Å². The zero-order chi connectivity index (χ0) is 32.0. The van der Waals surface area contributed by atoms with Crippen molar-refractivity contribution in [3.05, 3.63) is 59.4 Å². The average Bonchev–Trinajstić information content (AvgIpc) is 3.64. The molecule has 4 N–H and O–H groups in total. The summed E-state index contributed by atoms with van der Waals surface area (Å²) in [6, 6.07) is 6.27. The van der Waals surface area contributed by atoms with E-state index in [0.717, 1.165) is 37.6 Å². The number of benzene rings is 2. The standard InChI is InChI=1S/C28H31F2N6O7PS/c1-41-24-12-20-22(13-25(24)42-9-3-8-36-7-2-4-18(36)15-43-44(38,39)40)32-16-33-27(20)35-28-31-14-19(45-28)11-26(37)34-23-10-17(29)5-6-21(23)30/h5-6,10,12-14,16,18H,2-4,7-9,11,15H2,1H3,(H,34,37)(H2,38,39,40)(H,31,32,33,35)/t18-/m1/s1. The highest BCUT2D eigenvalue weighted by Crippen LogP contribution is 2.37. The minimum Gasteiger partial charge on any atom is -0.493 e. The number of thiazole rings is 1. The van der Waals surface area contributed by atoms with Gasteiger partial charge >= 0.3 is 7.82 Å². The maximum absolute atomic E-state index is 13.9. The zero-order valence-corrected chi connectivity index (χ0v) is 25.8. The van der Waals surface area contributed by atoms with Crippen LogP contribution in [0, 0.1) is 11.6 Å². The van der Waals surface area contributed by atoms with Crippen LogP contribution in [0.2, 0.25) is 0 Å². The second-order valence-corrected chi connectivity index (χ2v) is 12.5. The van der Waals surface area contributed by atoms with Crippen LogP contribution in [-0.2, 0) is 20.3 Å². The topological polar surface area (TPSA) is 168 Å². The number of carbonyl (C=O) groups is 1. The molecule has 5 rings (SSSR count). The summed E-state index contributed by atoms with van der Waals surface area (Å²) in [4.78, 5) is 46.1. The van der Waals surface area contributed by atoms with Crippen LogP contribution in [0.1, 0.15) is 24.1 Å². The Labute approximate surface area is 260 Å². The highest BCUT2D eigenvalue weighted by atomic mass is 32.1. The van der Waals surface area contributed by atoms with Crippen LogP contribution in [0.3, 0.4) is 0 Å². The minimum atomic E-state index is -4.51. The zero-order valence-electron chi connectivity index (χ0n) is 24.1. The quantitative estimate of drug-likeness (QED) is 0.109. The first-order valence-corrected chi connectivity index (χ1v) is 16.3. The fourth-order valence-corrected chi connectivity index (χ4v) is 6.12. The van der Waals surface area contributed by atoms with Gasteiger partial charge in [0.05, 0.1) is 37.9 Å². The summed E-state index contributed by atoms with van der Waals surface area (Å²) in [5.41, 5.74) is 0.352. The van der Waals surface area contributed by atoms with E-state index in [0.29, 0.717) is 57.8 Å². The molecule has 1 saturated heterocycles. The van der Waals surface area contributed by atoms with E-state index in [1.165, 1.54) is 31.0 Å². The van der Waals surface area contributed by atoms with Crippen molar-refractivity contribution < 1.29 is 41.9 Å². The lowest BCUT2D eigenvalue weighted by Crippen LogP contribution is -2.34. The Morgan fingerprint density at radius 2 is 2.02 bits per heavy atom. The van der Waals surface area contributed by atoms with Gasteiger partial charge in [-0.2, -0.15) is 0 Å². The largest absolute Gasteiger partial charge is 0.493 e. The van der Waals surface area contributed by atoms with Crippen LogP contribution < -0.4 is 20.1 Å².